The molecule has 6 heteroatoms. The van der Waals surface area contributed by atoms with Crippen molar-refractivity contribution in [1.29, 1.82) is 0 Å². The summed E-state index contributed by atoms with van der Waals surface area (Å²) in [5.41, 5.74) is 1.35. The minimum absolute atomic E-state index is 0.0194. The second-order valence-corrected chi connectivity index (χ2v) is 4.72. The monoisotopic (exact) mass is 288 g/mol. The Morgan fingerprint density at radius 2 is 2.00 bits per heavy atom. The van der Waals surface area contributed by atoms with E-state index in [1.807, 2.05) is 30.3 Å². The predicted molar refractivity (Wildman–Crippen MR) is 74.5 cm³/mol. The van der Waals surface area contributed by atoms with Crippen LogP contribution in [0.4, 0.5) is 0 Å². The Morgan fingerprint density at radius 3 is 2.57 bits per heavy atom. The zero-order chi connectivity index (χ0) is 15.2. The molecule has 0 fully saturated rings. The van der Waals surface area contributed by atoms with Crippen LogP contribution in [0.1, 0.15) is 11.3 Å². The Kier molecular flexibility index (Phi) is 4.71. The van der Waals surface area contributed by atoms with Crippen LogP contribution in [0.2, 0.25) is 0 Å². The Labute approximate surface area is 122 Å². The smallest absolute Gasteiger partial charge is 0.326 e. The zero-order valence-electron chi connectivity index (χ0n) is 11.6. The number of hydrogen-bond acceptors (Lipinski definition) is 4. The number of carboxylic acids is 1. The van der Waals surface area contributed by atoms with Crippen molar-refractivity contribution in [2.45, 2.75) is 18.9 Å². The Morgan fingerprint density at radius 1 is 1.29 bits per heavy atom. The molecular formula is C15H16N2O4. The Bertz CT molecular complexity index is 595. The first-order valence-electron chi connectivity index (χ1n) is 6.49. The van der Waals surface area contributed by atoms with E-state index in [1.54, 1.807) is 6.07 Å². The maximum absolute atomic E-state index is 12.1. The lowest BCUT2D eigenvalue weighted by atomic mass is 10.0. The highest BCUT2D eigenvalue weighted by atomic mass is 16.5. The molecule has 21 heavy (non-hydrogen) atoms. The van der Waals surface area contributed by atoms with Crippen molar-refractivity contribution in [3.8, 4) is 0 Å². The molecule has 1 aromatic carbocycles. The molecule has 1 aromatic heterocycles. The number of carbonyl (C=O) groups excluding carboxylic acids is 1. The van der Waals surface area contributed by atoms with E-state index >= 15 is 0 Å². The van der Waals surface area contributed by atoms with E-state index in [-0.39, 0.29) is 18.7 Å². The zero-order valence-corrected chi connectivity index (χ0v) is 11.6. The van der Waals surface area contributed by atoms with Crippen LogP contribution in [0.15, 0.2) is 47.2 Å². The highest BCUT2D eigenvalue weighted by molar-refractivity contribution is 5.84. The number of aromatic nitrogens is 1. The van der Waals surface area contributed by atoms with Gasteiger partial charge in [-0.2, -0.15) is 0 Å². The third-order valence-corrected chi connectivity index (χ3v) is 3.24. The fraction of sp³-hybridized carbons (Fsp3) is 0.267. The average Bonchev–Trinajstić information content (AvgIpc) is 2.97. The van der Waals surface area contributed by atoms with Crippen LogP contribution in [-0.4, -0.2) is 40.1 Å². The van der Waals surface area contributed by atoms with Gasteiger partial charge in [0, 0.05) is 19.5 Å². The Hall–Kier alpha value is -2.63. The van der Waals surface area contributed by atoms with Gasteiger partial charge in [0.2, 0.25) is 5.91 Å². The number of aliphatic carboxylic acids is 1. The average molecular weight is 288 g/mol. The summed E-state index contributed by atoms with van der Waals surface area (Å²) in [4.78, 5) is 24.8. The number of carbonyl (C=O) groups is 2. The molecule has 0 radical (unpaired) electrons. The van der Waals surface area contributed by atoms with Crippen molar-refractivity contribution in [2.75, 3.05) is 7.05 Å². The summed E-state index contributed by atoms with van der Waals surface area (Å²) in [6.45, 7) is 0. The molecular weight excluding hydrogens is 272 g/mol. The van der Waals surface area contributed by atoms with Crippen molar-refractivity contribution in [3.63, 3.8) is 0 Å². The molecule has 1 N–H and O–H groups in total. The molecule has 0 spiro atoms. The molecule has 1 heterocycles. The molecule has 0 aliphatic rings. The molecule has 1 amide bonds. The van der Waals surface area contributed by atoms with Gasteiger partial charge in [-0.3, -0.25) is 4.79 Å². The van der Waals surface area contributed by atoms with E-state index in [4.69, 9.17) is 0 Å². The summed E-state index contributed by atoms with van der Waals surface area (Å²) in [6.07, 6.45) is 1.66. The standard InChI is InChI=1S/C15H16N2O4/c1-17(14(18)10-12-7-8-21-16-12)13(15(19)20)9-11-5-3-2-4-6-11/h2-8,13H,9-10H2,1H3,(H,19,20). The van der Waals surface area contributed by atoms with E-state index in [1.165, 1.54) is 18.2 Å². The summed E-state index contributed by atoms with van der Waals surface area (Å²) < 4.78 is 4.66. The molecule has 0 saturated carbocycles. The van der Waals surface area contributed by atoms with Gasteiger partial charge >= 0.3 is 5.97 Å². The summed E-state index contributed by atoms with van der Waals surface area (Å²) in [6, 6.07) is 9.89. The van der Waals surface area contributed by atoms with Crippen LogP contribution in [0.3, 0.4) is 0 Å². The van der Waals surface area contributed by atoms with Gasteiger partial charge in [0.1, 0.15) is 12.3 Å². The minimum Gasteiger partial charge on any atom is -0.480 e. The van der Waals surface area contributed by atoms with Crippen LogP contribution in [0, 0.1) is 0 Å². The molecule has 1 atom stereocenters. The lowest BCUT2D eigenvalue weighted by Crippen LogP contribution is -2.44. The summed E-state index contributed by atoms with van der Waals surface area (Å²) in [7, 11) is 1.49. The normalized spacial score (nSPS) is 11.9. The third-order valence-electron chi connectivity index (χ3n) is 3.24. The molecule has 0 aliphatic heterocycles. The van der Waals surface area contributed by atoms with E-state index in [0.29, 0.717) is 5.69 Å². The topological polar surface area (TPSA) is 83.6 Å². The predicted octanol–water partition coefficient (Wildman–Crippen LogP) is 1.37. The summed E-state index contributed by atoms with van der Waals surface area (Å²) >= 11 is 0. The third kappa shape index (κ3) is 3.92. The maximum Gasteiger partial charge on any atom is 0.326 e. The molecule has 2 rings (SSSR count). The second-order valence-electron chi connectivity index (χ2n) is 4.72. The van der Waals surface area contributed by atoms with E-state index in [9.17, 15) is 14.7 Å². The van der Waals surface area contributed by atoms with Gasteiger partial charge in [-0.1, -0.05) is 35.5 Å². The first kappa shape index (κ1) is 14.8. The van der Waals surface area contributed by atoms with Gasteiger partial charge in [-0.25, -0.2) is 4.79 Å². The molecule has 6 nitrogen and oxygen atoms in total. The number of likely N-dealkylation sites (N-methyl/N-ethyl adjacent to an activating group) is 1. The lowest BCUT2D eigenvalue weighted by Gasteiger charge is -2.24. The minimum atomic E-state index is -1.03. The highest BCUT2D eigenvalue weighted by Crippen LogP contribution is 2.10. The number of benzene rings is 1. The fourth-order valence-electron chi connectivity index (χ4n) is 2.01. The van der Waals surface area contributed by atoms with Gasteiger partial charge in [0.25, 0.3) is 0 Å². The van der Waals surface area contributed by atoms with Gasteiger partial charge in [-0.05, 0) is 5.56 Å². The first-order valence-corrected chi connectivity index (χ1v) is 6.49. The molecule has 1 unspecified atom stereocenters. The largest absolute Gasteiger partial charge is 0.480 e. The van der Waals surface area contributed by atoms with Crippen LogP contribution in [0.25, 0.3) is 0 Å². The van der Waals surface area contributed by atoms with Crippen molar-refractivity contribution in [1.82, 2.24) is 10.1 Å². The first-order chi connectivity index (χ1) is 10.1. The van der Waals surface area contributed by atoms with Gasteiger partial charge in [0.15, 0.2) is 0 Å². The fourth-order valence-corrected chi connectivity index (χ4v) is 2.01. The van der Waals surface area contributed by atoms with Crippen molar-refractivity contribution in [3.05, 3.63) is 53.9 Å². The van der Waals surface area contributed by atoms with E-state index in [0.717, 1.165) is 5.56 Å². The van der Waals surface area contributed by atoms with E-state index < -0.39 is 12.0 Å². The maximum atomic E-state index is 12.1. The number of hydrogen-bond donors (Lipinski definition) is 1. The van der Waals surface area contributed by atoms with Gasteiger partial charge < -0.3 is 14.5 Å². The SMILES string of the molecule is CN(C(=O)Cc1ccon1)C(Cc1ccccc1)C(=O)O. The number of amides is 1. The van der Waals surface area contributed by atoms with E-state index in [2.05, 4.69) is 9.68 Å². The lowest BCUT2D eigenvalue weighted by molar-refractivity contribution is -0.148. The van der Waals surface area contributed by atoms with Gasteiger partial charge in [0.05, 0.1) is 12.1 Å². The van der Waals surface area contributed by atoms with Crippen molar-refractivity contribution in [2.24, 2.45) is 0 Å². The molecule has 0 saturated heterocycles. The molecule has 0 bridgehead atoms. The number of carboxylic acid groups (broad SMARTS) is 1. The molecule has 2 aromatic rings. The summed E-state index contributed by atoms with van der Waals surface area (Å²) in [5.74, 6) is -1.35. The number of nitrogens with zero attached hydrogens (tertiary/aromatic N) is 2. The van der Waals surface area contributed by atoms with Crippen molar-refractivity contribution >= 4 is 11.9 Å². The van der Waals surface area contributed by atoms with Crippen molar-refractivity contribution < 1.29 is 19.2 Å². The van der Waals surface area contributed by atoms with Crippen LogP contribution < -0.4 is 0 Å². The second kappa shape index (κ2) is 6.69. The quantitative estimate of drug-likeness (QED) is 0.868. The summed E-state index contributed by atoms with van der Waals surface area (Å²) in [5, 5.41) is 13.0. The molecule has 0 aliphatic carbocycles. The van der Waals surface area contributed by atoms with Crippen LogP contribution >= 0.6 is 0 Å². The molecule has 110 valence electrons. The van der Waals surface area contributed by atoms with Crippen LogP contribution in [-0.2, 0) is 22.4 Å². The van der Waals surface area contributed by atoms with Gasteiger partial charge in [-0.15, -0.1) is 0 Å². The van der Waals surface area contributed by atoms with Crippen LogP contribution in [0.5, 0.6) is 0 Å². The highest BCUT2D eigenvalue weighted by Gasteiger charge is 2.27. The number of rotatable bonds is 6. The Balaban J connectivity index is 2.06.